The molecular weight excluding hydrogens is 186 g/mol. The van der Waals surface area contributed by atoms with Crippen molar-refractivity contribution in [3.63, 3.8) is 0 Å². The zero-order valence-electron chi connectivity index (χ0n) is 7.23. The molecule has 1 aromatic heterocycles. The van der Waals surface area contributed by atoms with Gasteiger partial charge in [-0.25, -0.2) is 0 Å². The van der Waals surface area contributed by atoms with Gasteiger partial charge in [-0.15, -0.1) is 11.3 Å². The molecule has 72 valence electrons. The Labute approximate surface area is 80.8 Å². The van der Waals surface area contributed by atoms with Gasteiger partial charge in [0, 0.05) is 4.88 Å². The minimum absolute atomic E-state index is 0.113. The first-order chi connectivity index (χ1) is 6.22. The summed E-state index contributed by atoms with van der Waals surface area (Å²) in [6.07, 6.45) is 2.43. The number of aliphatic hydroxyl groups excluding tert-OH is 1. The number of hydrogen-bond donors (Lipinski definition) is 3. The van der Waals surface area contributed by atoms with E-state index in [9.17, 15) is 5.11 Å². The molecule has 3 nitrogen and oxygen atoms in total. The lowest BCUT2D eigenvalue weighted by molar-refractivity contribution is 0.267. The molecule has 1 aliphatic rings. The molecule has 0 aromatic carbocycles. The van der Waals surface area contributed by atoms with Crippen LogP contribution < -0.4 is 5.73 Å². The average Bonchev–Trinajstić information content (AvgIpc) is 2.89. The van der Waals surface area contributed by atoms with Gasteiger partial charge < -0.3 is 15.9 Å². The van der Waals surface area contributed by atoms with Gasteiger partial charge in [0.05, 0.1) is 17.5 Å². The van der Waals surface area contributed by atoms with E-state index in [4.69, 9.17) is 10.8 Å². The zero-order valence-corrected chi connectivity index (χ0v) is 8.05. The predicted molar refractivity (Wildman–Crippen MR) is 52.0 cm³/mol. The van der Waals surface area contributed by atoms with Crippen molar-refractivity contribution in [2.45, 2.75) is 24.8 Å². The summed E-state index contributed by atoms with van der Waals surface area (Å²) in [6.45, 7) is -0.113. The highest BCUT2D eigenvalue weighted by Gasteiger charge is 2.27. The largest absolute Gasteiger partial charge is 0.507 e. The predicted octanol–water partition coefficient (Wildman–Crippen LogP) is 1.32. The summed E-state index contributed by atoms with van der Waals surface area (Å²) in [5.74, 6) is 0.879. The molecule has 4 N–H and O–H groups in total. The van der Waals surface area contributed by atoms with Gasteiger partial charge in [-0.2, -0.15) is 0 Å². The molecule has 1 heterocycles. The lowest BCUT2D eigenvalue weighted by atomic mass is 10.2. The van der Waals surface area contributed by atoms with Crippen molar-refractivity contribution in [3.05, 3.63) is 15.8 Å². The molecule has 0 bridgehead atoms. The number of nitrogens with two attached hydrogens (primary N) is 1. The zero-order chi connectivity index (χ0) is 9.42. The van der Waals surface area contributed by atoms with Crippen molar-refractivity contribution in [1.82, 2.24) is 0 Å². The minimum Gasteiger partial charge on any atom is -0.507 e. The van der Waals surface area contributed by atoms with E-state index in [0.717, 1.165) is 0 Å². The van der Waals surface area contributed by atoms with Crippen molar-refractivity contribution >= 4 is 11.3 Å². The molecule has 0 amide bonds. The molecule has 1 fully saturated rings. The first kappa shape index (κ1) is 8.99. The first-order valence-corrected chi connectivity index (χ1v) is 5.23. The van der Waals surface area contributed by atoms with Gasteiger partial charge in [-0.05, 0) is 24.8 Å². The summed E-state index contributed by atoms with van der Waals surface area (Å²) in [4.78, 5) is 1.92. The Morgan fingerprint density at radius 2 is 2.31 bits per heavy atom. The van der Waals surface area contributed by atoms with Crippen molar-refractivity contribution in [2.24, 2.45) is 5.73 Å². The van der Waals surface area contributed by atoms with E-state index in [2.05, 4.69) is 0 Å². The Hall–Kier alpha value is -0.580. The molecular formula is C9H13NO2S. The first-order valence-electron chi connectivity index (χ1n) is 4.41. The third-order valence-corrected chi connectivity index (χ3v) is 3.69. The summed E-state index contributed by atoms with van der Waals surface area (Å²) in [5, 5.41) is 18.4. The van der Waals surface area contributed by atoms with Crippen LogP contribution in [0.1, 0.15) is 34.6 Å². The van der Waals surface area contributed by atoms with Crippen LogP contribution in [0.25, 0.3) is 0 Å². The summed E-state index contributed by atoms with van der Waals surface area (Å²) in [5.41, 5.74) is 5.63. The highest BCUT2D eigenvalue weighted by atomic mass is 32.1. The fraction of sp³-hybridized carbons (Fsp3) is 0.556. The summed E-state index contributed by atoms with van der Waals surface area (Å²) in [7, 11) is 0. The fourth-order valence-corrected chi connectivity index (χ4v) is 2.55. The smallest absolute Gasteiger partial charge is 0.131 e. The highest BCUT2D eigenvalue weighted by Crippen LogP contribution is 2.46. The molecule has 0 spiro atoms. The highest BCUT2D eigenvalue weighted by molar-refractivity contribution is 7.12. The van der Waals surface area contributed by atoms with E-state index in [1.54, 1.807) is 6.07 Å². The molecule has 13 heavy (non-hydrogen) atoms. The van der Waals surface area contributed by atoms with Crippen LogP contribution in [-0.2, 0) is 0 Å². The molecule has 1 unspecified atom stereocenters. The van der Waals surface area contributed by atoms with Crippen LogP contribution >= 0.6 is 11.3 Å². The van der Waals surface area contributed by atoms with Crippen LogP contribution in [0.4, 0.5) is 0 Å². The van der Waals surface area contributed by atoms with E-state index < -0.39 is 6.04 Å². The second-order valence-electron chi connectivity index (χ2n) is 3.46. The molecule has 1 saturated carbocycles. The SMILES string of the molecule is NC(CO)c1sc(C2CC2)cc1O. The molecule has 2 rings (SSSR count). The topological polar surface area (TPSA) is 66.5 Å². The Bertz CT molecular complexity index is 307. The Morgan fingerprint density at radius 1 is 1.62 bits per heavy atom. The Morgan fingerprint density at radius 3 is 2.85 bits per heavy atom. The minimum atomic E-state index is -0.433. The number of rotatable bonds is 3. The van der Waals surface area contributed by atoms with Crippen molar-refractivity contribution < 1.29 is 10.2 Å². The van der Waals surface area contributed by atoms with Gasteiger partial charge in [0.1, 0.15) is 5.75 Å². The van der Waals surface area contributed by atoms with Gasteiger partial charge >= 0.3 is 0 Å². The van der Waals surface area contributed by atoms with Crippen molar-refractivity contribution in [2.75, 3.05) is 6.61 Å². The van der Waals surface area contributed by atoms with Crippen LogP contribution in [0.3, 0.4) is 0 Å². The van der Waals surface area contributed by atoms with E-state index in [0.29, 0.717) is 10.8 Å². The number of thiophene rings is 1. The standard InChI is InChI=1S/C9H13NO2S/c10-6(4-11)9-7(12)3-8(13-9)5-1-2-5/h3,5-6,11-12H,1-2,4,10H2. The number of aromatic hydroxyl groups is 1. The van der Waals surface area contributed by atoms with E-state index in [1.807, 2.05) is 0 Å². The maximum Gasteiger partial charge on any atom is 0.131 e. The van der Waals surface area contributed by atoms with Gasteiger partial charge in [0.15, 0.2) is 0 Å². The average molecular weight is 199 g/mol. The van der Waals surface area contributed by atoms with Crippen LogP contribution in [0, 0.1) is 0 Å². The molecule has 1 aromatic rings. The van der Waals surface area contributed by atoms with Gasteiger partial charge in [0.25, 0.3) is 0 Å². The van der Waals surface area contributed by atoms with Crippen LogP contribution in [0.5, 0.6) is 5.75 Å². The molecule has 1 aliphatic carbocycles. The molecule has 4 heteroatoms. The fourth-order valence-electron chi connectivity index (χ4n) is 1.33. The van der Waals surface area contributed by atoms with Crippen molar-refractivity contribution in [1.29, 1.82) is 0 Å². The second kappa shape index (κ2) is 3.29. The Kier molecular flexibility index (Phi) is 2.27. The summed E-state index contributed by atoms with van der Waals surface area (Å²) >= 11 is 1.53. The Balaban J connectivity index is 2.24. The molecule has 0 saturated heterocycles. The second-order valence-corrected chi connectivity index (χ2v) is 4.58. The molecule has 0 aliphatic heterocycles. The maximum absolute atomic E-state index is 9.53. The van der Waals surface area contributed by atoms with Gasteiger partial charge in [-0.3, -0.25) is 0 Å². The van der Waals surface area contributed by atoms with E-state index in [-0.39, 0.29) is 12.4 Å². The summed E-state index contributed by atoms with van der Waals surface area (Å²) in [6, 6.07) is 1.35. The number of hydrogen-bond acceptors (Lipinski definition) is 4. The van der Waals surface area contributed by atoms with Crippen LogP contribution in [0.15, 0.2) is 6.07 Å². The lowest BCUT2D eigenvalue weighted by Gasteiger charge is -2.04. The van der Waals surface area contributed by atoms with Gasteiger partial charge in [0.2, 0.25) is 0 Å². The van der Waals surface area contributed by atoms with E-state index >= 15 is 0 Å². The maximum atomic E-state index is 9.53. The lowest BCUT2D eigenvalue weighted by Crippen LogP contribution is -2.12. The van der Waals surface area contributed by atoms with Gasteiger partial charge in [-0.1, -0.05) is 0 Å². The molecule has 0 radical (unpaired) electrons. The normalized spacial score (nSPS) is 18.9. The van der Waals surface area contributed by atoms with Crippen molar-refractivity contribution in [3.8, 4) is 5.75 Å². The third-order valence-electron chi connectivity index (χ3n) is 2.27. The van der Waals surface area contributed by atoms with Crippen LogP contribution in [-0.4, -0.2) is 16.8 Å². The third kappa shape index (κ3) is 1.70. The summed E-state index contributed by atoms with van der Waals surface area (Å²) < 4.78 is 0. The quantitative estimate of drug-likeness (QED) is 0.688. The van der Waals surface area contributed by atoms with E-state index in [1.165, 1.54) is 29.1 Å². The molecule has 1 atom stereocenters. The monoisotopic (exact) mass is 199 g/mol. The number of aliphatic hydroxyl groups is 1. The van der Waals surface area contributed by atoms with Crippen LogP contribution in [0.2, 0.25) is 0 Å².